The van der Waals surface area contributed by atoms with Gasteiger partial charge in [0.05, 0.1) is 16.6 Å². The van der Waals surface area contributed by atoms with Gasteiger partial charge in [-0.15, -0.1) is 0 Å². The van der Waals surface area contributed by atoms with E-state index in [4.69, 9.17) is 9.72 Å². The van der Waals surface area contributed by atoms with Gasteiger partial charge in [0, 0.05) is 36.6 Å². The number of pyridine rings is 1. The van der Waals surface area contributed by atoms with Crippen molar-refractivity contribution < 1.29 is 17.9 Å². The molecule has 5 rings (SSSR count). The molecule has 196 valence electrons. The number of hydrogen-bond acceptors (Lipinski definition) is 6. The van der Waals surface area contributed by atoms with E-state index in [1.54, 1.807) is 47.6 Å². The summed E-state index contributed by atoms with van der Waals surface area (Å²) in [7, 11) is -3.80. The van der Waals surface area contributed by atoms with Gasteiger partial charge < -0.3 is 14.2 Å². The van der Waals surface area contributed by atoms with Gasteiger partial charge in [0.15, 0.2) is 5.65 Å². The normalized spacial score (nSPS) is 15.7. The zero-order valence-corrected chi connectivity index (χ0v) is 22.7. The van der Waals surface area contributed by atoms with Crippen molar-refractivity contribution in [3.8, 4) is 0 Å². The Bertz CT molecular complexity index is 1560. The predicted molar refractivity (Wildman–Crippen MR) is 142 cm³/mol. The van der Waals surface area contributed by atoms with Crippen molar-refractivity contribution in [1.82, 2.24) is 23.4 Å². The molecule has 0 unspecified atom stereocenters. The number of aromatic nitrogens is 4. The van der Waals surface area contributed by atoms with E-state index in [9.17, 15) is 13.2 Å². The Kier molecular flexibility index (Phi) is 6.26. The summed E-state index contributed by atoms with van der Waals surface area (Å²) in [5, 5.41) is 0.742. The second-order valence-corrected chi connectivity index (χ2v) is 12.7. The van der Waals surface area contributed by atoms with Crippen molar-refractivity contribution in [2.75, 3.05) is 13.1 Å². The Balaban J connectivity index is 1.56. The smallest absolute Gasteiger partial charge is 0.410 e. The number of piperidine rings is 1. The van der Waals surface area contributed by atoms with Gasteiger partial charge in [0.2, 0.25) is 0 Å². The van der Waals surface area contributed by atoms with Crippen LogP contribution in [0.5, 0.6) is 0 Å². The van der Waals surface area contributed by atoms with E-state index in [1.165, 1.54) is 3.97 Å². The fourth-order valence-electron chi connectivity index (χ4n) is 4.98. The van der Waals surface area contributed by atoms with Crippen molar-refractivity contribution in [3.05, 3.63) is 54.6 Å². The summed E-state index contributed by atoms with van der Waals surface area (Å²) < 4.78 is 35.8. The SMILES string of the molecule is CC(C)c1nc2cnc3c(ccn3S(=O)(=O)c3ccccc3)c2n1C1CCN(C(=O)OC(C)(C)C)CC1. The van der Waals surface area contributed by atoms with Gasteiger partial charge in [0.25, 0.3) is 10.0 Å². The van der Waals surface area contributed by atoms with Crippen LogP contribution in [0, 0.1) is 0 Å². The molecule has 1 amide bonds. The molecule has 0 aliphatic carbocycles. The van der Waals surface area contributed by atoms with E-state index in [-0.39, 0.29) is 22.9 Å². The van der Waals surface area contributed by atoms with Gasteiger partial charge in [-0.05, 0) is 51.8 Å². The zero-order chi connectivity index (χ0) is 26.5. The van der Waals surface area contributed by atoms with Crippen LogP contribution in [-0.2, 0) is 14.8 Å². The molecule has 1 fully saturated rings. The summed E-state index contributed by atoms with van der Waals surface area (Å²) in [6.45, 7) is 11.0. The molecule has 1 aliphatic rings. The van der Waals surface area contributed by atoms with Crippen molar-refractivity contribution in [2.24, 2.45) is 0 Å². The second kappa shape index (κ2) is 9.16. The molecule has 0 atom stereocenters. The molecule has 9 nitrogen and oxygen atoms in total. The quantitative estimate of drug-likeness (QED) is 0.359. The van der Waals surface area contributed by atoms with Gasteiger partial charge in [-0.2, -0.15) is 0 Å². The maximum absolute atomic E-state index is 13.4. The van der Waals surface area contributed by atoms with E-state index in [1.807, 2.05) is 26.8 Å². The summed E-state index contributed by atoms with van der Waals surface area (Å²) >= 11 is 0. The minimum absolute atomic E-state index is 0.112. The van der Waals surface area contributed by atoms with Crippen molar-refractivity contribution in [3.63, 3.8) is 0 Å². The average Bonchev–Trinajstić information content (AvgIpc) is 3.46. The predicted octanol–water partition coefficient (Wildman–Crippen LogP) is 5.32. The lowest BCUT2D eigenvalue weighted by Crippen LogP contribution is -2.42. The molecule has 3 aromatic heterocycles. The molecule has 1 saturated heterocycles. The zero-order valence-electron chi connectivity index (χ0n) is 21.9. The number of carbonyl (C=O) groups excluding carboxylic acids is 1. The van der Waals surface area contributed by atoms with E-state index in [0.29, 0.717) is 18.7 Å². The first-order valence-electron chi connectivity index (χ1n) is 12.6. The van der Waals surface area contributed by atoms with Gasteiger partial charge in [-0.3, -0.25) is 0 Å². The Morgan fingerprint density at radius 3 is 2.38 bits per heavy atom. The molecule has 4 heterocycles. The molecule has 1 aromatic carbocycles. The molecule has 37 heavy (non-hydrogen) atoms. The van der Waals surface area contributed by atoms with Crippen LogP contribution in [-0.4, -0.2) is 56.6 Å². The highest BCUT2D eigenvalue weighted by molar-refractivity contribution is 7.90. The lowest BCUT2D eigenvalue weighted by Gasteiger charge is -2.35. The monoisotopic (exact) mass is 523 g/mol. The third kappa shape index (κ3) is 4.58. The van der Waals surface area contributed by atoms with Crippen LogP contribution in [0.3, 0.4) is 0 Å². The van der Waals surface area contributed by atoms with Crippen LogP contribution >= 0.6 is 0 Å². The molecule has 0 spiro atoms. The molecule has 4 aromatic rings. The molecule has 1 aliphatic heterocycles. The minimum atomic E-state index is -3.80. The fourth-order valence-corrected chi connectivity index (χ4v) is 6.30. The number of ether oxygens (including phenoxy) is 1. The second-order valence-electron chi connectivity index (χ2n) is 10.9. The topological polar surface area (TPSA) is 99.3 Å². The molecule has 0 bridgehead atoms. The molecule has 0 N–H and O–H groups in total. The average molecular weight is 524 g/mol. The highest BCUT2D eigenvalue weighted by atomic mass is 32.2. The van der Waals surface area contributed by atoms with Crippen LogP contribution < -0.4 is 0 Å². The Morgan fingerprint density at radius 2 is 1.76 bits per heavy atom. The summed E-state index contributed by atoms with van der Waals surface area (Å²) in [6.07, 6.45) is 4.43. The summed E-state index contributed by atoms with van der Waals surface area (Å²) in [5.41, 5.74) is 1.46. The number of fused-ring (bicyclic) bond motifs is 3. The maximum atomic E-state index is 13.4. The standard InChI is InChI=1S/C27H33N5O4S/c1-18(2)24-29-22-17-28-25-21(13-16-31(25)37(34,35)20-9-7-6-8-10-20)23(22)32(24)19-11-14-30(15-12-19)26(33)36-27(3,4)5/h6-10,13,16-19H,11-12,14-15H2,1-5H3. The number of hydrogen-bond donors (Lipinski definition) is 0. The minimum Gasteiger partial charge on any atom is -0.444 e. The first kappa shape index (κ1) is 25.3. The van der Waals surface area contributed by atoms with Crippen molar-refractivity contribution in [1.29, 1.82) is 0 Å². The lowest BCUT2D eigenvalue weighted by molar-refractivity contribution is 0.0189. The number of benzene rings is 1. The van der Waals surface area contributed by atoms with Crippen LogP contribution in [0.25, 0.3) is 22.1 Å². The Morgan fingerprint density at radius 1 is 1.08 bits per heavy atom. The van der Waals surface area contributed by atoms with Crippen molar-refractivity contribution in [2.45, 2.75) is 69.9 Å². The van der Waals surface area contributed by atoms with E-state index in [2.05, 4.69) is 23.4 Å². The molecule has 0 radical (unpaired) electrons. The van der Waals surface area contributed by atoms with Crippen LogP contribution in [0.2, 0.25) is 0 Å². The highest BCUT2D eigenvalue weighted by Gasteiger charge is 2.31. The summed E-state index contributed by atoms with van der Waals surface area (Å²) in [4.78, 5) is 24.0. The number of imidazole rings is 1. The largest absolute Gasteiger partial charge is 0.444 e. The Labute approximate surface area is 217 Å². The van der Waals surface area contributed by atoms with Gasteiger partial charge in [0.1, 0.15) is 16.9 Å². The third-order valence-electron chi connectivity index (χ3n) is 6.65. The third-order valence-corrected chi connectivity index (χ3v) is 8.33. The number of amides is 1. The van der Waals surface area contributed by atoms with Crippen molar-refractivity contribution >= 4 is 38.2 Å². The molecular weight excluding hydrogens is 490 g/mol. The summed E-state index contributed by atoms with van der Waals surface area (Å²) in [5.74, 6) is 1.08. The van der Waals surface area contributed by atoms with Crippen LogP contribution in [0.4, 0.5) is 4.79 Å². The lowest BCUT2D eigenvalue weighted by atomic mass is 10.0. The van der Waals surface area contributed by atoms with Crippen LogP contribution in [0.15, 0.2) is 53.7 Å². The number of carbonyl (C=O) groups is 1. The molecule has 0 saturated carbocycles. The maximum Gasteiger partial charge on any atom is 0.410 e. The highest BCUT2D eigenvalue weighted by Crippen LogP contribution is 2.36. The molecule has 10 heteroatoms. The summed E-state index contributed by atoms with van der Waals surface area (Å²) in [6, 6.07) is 10.3. The fraction of sp³-hybridized carbons (Fsp3) is 0.444. The van der Waals surface area contributed by atoms with Gasteiger partial charge >= 0.3 is 6.09 Å². The Hall–Kier alpha value is -3.40. The molecular formula is C27H33N5O4S. The number of likely N-dealkylation sites (tertiary alicyclic amines) is 1. The number of nitrogens with zero attached hydrogens (tertiary/aromatic N) is 5. The van der Waals surface area contributed by atoms with Gasteiger partial charge in [-0.25, -0.2) is 27.2 Å². The number of rotatable bonds is 4. The van der Waals surface area contributed by atoms with E-state index >= 15 is 0 Å². The van der Waals surface area contributed by atoms with E-state index < -0.39 is 15.6 Å². The first-order valence-corrected chi connectivity index (χ1v) is 14.1. The van der Waals surface area contributed by atoms with Crippen LogP contribution in [0.1, 0.15) is 65.2 Å². The van der Waals surface area contributed by atoms with Gasteiger partial charge in [-0.1, -0.05) is 32.0 Å². The first-order chi connectivity index (χ1) is 17.5. The van der Waals surface area contributed by atoms with E-state index in [0.717, 1.165) is 35.1 Å².